The number of rotatable bonds is 4. The second-order valence-electron chi connectivity index (χ2n) is 4.46. The Kier molecular flexibility index (Phi) is 4.94. The highest BCUT2D eigenvalue weighted by molar-refractivity contribution is 7.13. The average molecular weight is 343 g/mol. The summed E-state index contributed by atoms with van der Waals surface area (Å²) in [5.74, 6) is -0.106. The highest BCUT2D eigenvalue weighted by Crippen LogP contribution is 2.33. The lowest BCUT2D eigenvalue weighted by Gasteiger charge is -2.09. The van der Waals surface area contributed by atoms with Crippen LogP contribution in [0.2, 0.25) is 0 Å². The summed E-state index contributed by atoms with van der Waals surface area (Å²) in [4.78, 5) is 22.7. The van der Waals surface area contributed by atoms with E-state index >= 15 is 0 Å². The lowest BCUT2D eigenvalue weighted by molar-refractivity contribution is -0.141. The summed E-state index contributed by atoms with van der Waals surface area (Å²) in [5.41, 5.74) is 4.56. The molecule has 0 atom stereocenters. The third-order valence-electron chi connectivity index (χ3n) is 2.71. The number of anilines is 1. The molecule has 0 unspecified atom stereocenters. The first-order valence-electron chi connectivity index (χ1n) is 6.31. The Labute approximate surface area is 133 Å². The normalized spacial score (nSPS) is 11.8. The SMILES string of the molecule is Cc1cc(-c2nc(NC(=O)CN=CN)cs2)cnc1C(F)(F)F. The predicted octanol–water partition coefficient (Wildman–Crippen LogP) is 2.46. The van der Waals surface area contributed by atoms with Crippen LogP contribution in [0.15, 0.2) is 22.6 Å². The van der Waals surface area contributed by atoms with Crippen LogP contribution < -0.4 is 11.1 Å². The number of carbonyl (C=O) groups is 1. The molecule has 122 valence electrons. The molecule has 0 aromatic carbocycles. The second kappa shape index (κ2) is 6.73. The highest BCUT2D eigenvalue weighted by atomic mass is 32.1. The van der Waals surface area contributed by atoms with Gasteiger partial charge in [0.25, 0.3) is 0 Å². The van der Waals surface area contributed by atoms with E-state index in [2.05, 4.69) is 20.3 Å². The topological polar surface area (TPSA) is 93.3 Å². The van der Waals surface area contributed by atoms with Crippen LogP contribution in [0.25, 0.3) is 10.6 Å². The molecule has 0 radical (unpaired) electrons. The molecule has 0 aliphatic heterocycles. The summed E-state index contributed by atoms with van der Waals surface area (Å²) >= 11 is 1.18. The van der Waals surface area contributed by atoms with Gasteiger partial charge < -0.3 is 11.1 Å². The number of nitrogens with zero attached hydrogens (tertiary/aromatic N) is 3. The molecule has 0 fully saturated rings. The minimum absolute atomic E-state index is 0.00747. The fourth-order valence-corrected chi connectivity index (χ4v) is 2.50. The number of hydrogen-bond donors (Lipinski definition) is 2. The van der Waals surface area contributed by atoms with Crippen molar-refractivity contribution in [3.63, 3.8) is 0 Å². The van der Waals surface area contributed by atoms with E-state index in [-0.39, 0.29) is 12.1 Å². The molecule has 2 aromatic rings. The standard InChI is InChI=1S/C13H12F3N5OS/c1-7-2-8(3-19-11(7)13(14,15)16)12-21-9(5-23-12)20-10(22)4-18-6-17/h2-3,5-6H,4H2,1H3,(H2,17,18)(H,20,22). The van der Waals surface area contributed by atoms with Crippen molar-refractivity contribution in [3.05, 3.63) is 28.9 Å². The third-order valence-corrected chi connectivity index (χ3v) is 3.60. The predicted molar refractivity (Wildman–Crippen MR) is 81.3 cm³/mol. The fourth-order valence-electron chi connectivity index (χ4n) is 1.77. The Bertz CT molecular complexity index is 741. The highest BCUT2D eigenvalue weighted by Gasteiger charge is 2.34. The van der Waals surface area contributed by atoms with Gasteiger partial charge in [0.1, 0.15) is 23.1 Å². The smallest absolute Gasteiger partial charge is 0.390 e. The van der Waals surface area contributed by atoms with Gasteiger partial charge >= 0.3 is 6.18 Å². The quantitative estimate of drug-likeness (QED) is 0.659. The van der Waals surface area contributed by atoms with E-state index in [4.69, 9.17) is 5.73 Å². The van der Waals surface area contributed by atoms with Crippen molar-refractivity contribution >= 4 is 29.4 Å². The monoisotopic (exact) mass is 343 g/mol. The Hall–Kier alpha value is -2.49. The minimum Gasteiger partial charge on any atom is -0.390 e. The van der Waals surface area contributed by atoms with Gasteiger partial charge in [-0.25, -0.2) is 4.98 Å². The summed E-state index contributed by atoms with van der Waals surface area (Å²) in [6, 6.07) is 1.36. The van der Waals surface area contributed by atoms with E-state index in [1.165, 1.54) is 24.3 Å². The molecule has 6 nitrogen and oxygen atoms in total. The van der Waals surface area contributed by atoms with Gasteiger partial charge in [-0.1, -0.05) is 0 Å². The maximum absolute atomic E-state index is 12.7. The number of thiazole rings is 1. The van der Waals surface area contributed by atoms with Gasteiger partial charge in [-0.05, 0) is 18.6 Å². The third kappa shape index (κ3) is 4.25. The van der Waals surface area contributed by atoms with Crippen LogP contribution in [0, 0.1) is 6.92 Å². The number of halogens is 3. The number of aliphatic imine (C=N–C) groups is 1. The Morgan fingerprint density at radius 1 is 1.52 bits per heavy atom. The first kappa shape index (κ1) is 16.9. The van der Waals surface area contributed by atoms with Crippen molar-refractivity contribution in [1.29, 1.82) is 0 Å². The molecule has 0 saturated carbocycles. The molecular weight excluding hydrogens is 331 g/mol. The van der Waals surface area contributed by atoms with E-state index < -0.39 is 17.8 Å². The number of aryl methyl sites for hydroxylation is 1. The Morgan fingerprint density at radius 2 is 2.26 bits per heavy atom. The van der Waals surface area contributed by atoms with Crippen molar-refractivity contribution < 1.29 is 18.0 Å². The molecule has 0 bridgehead atoms. The van der Waals surface area contributed by atoms with Crippen molar-refractivity contribution in [1.82, 2.24) is 9.97 Å². The van der Waals surface area contributed by atoms with Crippen LogP contribution in [0.3, 0.4) is 0 Å². The molecule has 0 aliphatic carbocycles. The fraction of sp³-hybridized carbons (Fsp3) is 0.231. The molecule has 23 heavy (non-hydrogen) atoms. The first-order chi connectivity index (χ1) is 10.8. The van der Waals surface area contributed by atoms with Crippen molar-refractivity contribution in [2.75, 3.05) is 11.9 Å². The van der Waals surface area contributed by atoms with Crippen LogP contribution in [-0.4, -0.2) is 28.8 Å². The number of nitrogens with two attached hydrogens (primary N) is 1. The lowest BCUT2D eigenvalue weighted by atomic mass is 10.1. The number of nitrogens with one attached hydrogen (secondary N) is 1. The number of aromatic nitrogens is 2. The van der Waals surface area contributed by atoms with E-state index in [0.29, 0.717) is 16.4 Å². The largest absolute Gasteiger partial charge is 0.433 e. The molecule has 0 aliphatic rings. The van der Waals surface area contributed by atoms with Crippen molar-refractivity contribution in [2.24, 2.45) is 10.7 Å². The van der Waals surface area contributed by atoms with Gasteiger partial charge in [0.15, 0.2) is 0 Å². The summed E-state index contributed by atoms with van der Waals surface area (Å²) in [5, 5.41) is 4.53. The maximum atomic E-state index is 12.7. The molecule has 0 saturated heterocycles. The van der Waals surface area contributed by atoms with Gasteiger partial charge in [0.2, 0.25) is 5.91 Å². The summed E-state index contributed by atoms with van der Waals surface area (Å²) in [7, 11) is 0. The van der Waals surface area contributed by atoms with Crippen LogP contribution in [0.4, 0.5) is 19.0 Å². The van der Waals surface area contributed by atoms with Gasteiger partial charge in [0.05, 0.1) is 6.34 Å². The van der Waals surface area contributed by atoms with Crippen molar-refractivity contribution in [3.8, 4) is 10.6 Å². The maximum Gasteiger partial charge on any atom is 0.433 e. The van der Waals surface area contributed by atoms with Crippen molar-refractivity contribution in [2.45, 2.75) is 13.1 Å². The van der Waals surface area contributed by atoms with Crippen LogP contribution in [0.1, 0.15) is 11.3 Å². The zero-order valence-corrected chi connectivity index (χ0v) is 12.7. The van der Waals surface area contributed by atoms with E-state index in [0.717, 1.165) is 12.5 Å². The van der Waals surface area contributed by atoms with Gasteiger partial charge in [-0.15, -0.1) is 11.3 Å². The Morgan fingerprint density at radius 3 is 2.87 bits per heavy atom. The van der Waals surface area contributed by atoms with E-state index in [1.807, 2.05) is 0 Å². The first-order valence-corrected chi connectivity index (χ1v) is 7.19. The van der Waals surface area contributed by atoms with Crippen LogP contribution >= 0.6 is 11.3 Å². The molecule has 10 heteroatoms. The minimum atomic E-state index is -4.49. The molecule has 0 spiro atoms. The number of alkyl halides is 3. The lowest BCUT2D eigenvalue weighted by Crippen LogP contribution is -2.15. The number of amides is 1. The molecule has 2 rings (SSSR count). The van der Waals surface area contributed by atoms with Gasteiger partial charge in [-0.2, -0.15) is 13.2 Å². The zero-order valence-electron chi connectivity index (χ0n) is 11.9. The second-order valence-corrected chi connectivity index (χ2v) is 5.32. The average Bonchev–Trinajstić information content (AvgIpc) is 2.92. The van der Waals surface area contributed by atoms with Gasteiger partial charge in [0, 0.05) is 17.1 Å². The number of hydrogen-bond acceptors (Lipinski definition) is 5. The van der Waals surface area contributed by atoms with Crippen LogP contribution in [-0.2, 0) is 11.0 Å². The zero-order chi connectivity index (χ0) is 17.0. The summed E-state index contributed by atoms with van der Waals surface area (Å²) in [6.45, 7) is 1.20. The molecular formula is C13H12F3N5OS. The molecule has 3 N–H and O–H groups in total. The summed E-state index contributed by atoms with van der Waals surface area (Å²) in [6.07, 6.45) is -2.37. The number of carbonyl (C=O) groups excluding carboxylic acids is 1. The van der Waals surface area contributed by atoms with E-state index in [1.54, 1.807) is 5.38 Å². The molecule has 1 amide bonds. The van der Waals surface area contributed by atoms with E-state index in [9.17, 15) is 18.0 Å². The van der Waals surface area contributed by atoms with Gasteiger partial charge in [-0.3, -0.25) is 14.8 Å². The van der Waals surface area contributed by atoms with Crippen LogP contribution in [0.5, 0.6) is 0 Å². The number of pyridine rings is 1. The summed E-state index contributed by atoms with van der Waals surface area (Å²) < 4.78 is 38.1. The molecule has 2 heterocycles. The molecule has 2 aromatic heterocycles. The Balaban J connectivity index is 2.17.